The molecule has 0 amide bonds. The van der Waals surface area contributed by atoms with Crippen molar-refractivity contribution < 1.29 is 9.53 Å². The summed E-state index contributed by atoms with van der Waals surface area (Å²) in [5.74, 6) is 0.718. The molecule has 0 saturated carbocycles. The quantitative estimate of drug-likeness (QED) is 0.647. The van der Waals surface area contributed by atoms with Crippen molar-refractivity contribution in [1.29, 1.82) is 0 Å². The number of esters is 1. The number of ether oxygens (including phenoxy) is 1. The van der Waals surface area contributed by atoms with Crippen LogP contribution in [0.25, 0.3) is 0 Å². The van der Waals surface area contributed by atoms with Crippen LogP contribution in [0.2, 0.25) is 0 Å². The topological polar surface area (TPSA) is 38.3 Å². The standard InChI is InChI=1S/C16H23NO2S/c1-16(19-15(18)9-12-20,13-5-3-2-4-6-13)14-7-10-17-11-8-14/h2-6,14,17,20H,7-12H2,1H3. The molecule has 1 atom stereocenters. The van der Waals surface area contributed by atoms with Gasteiger partial charge in [0.25, 0.3) is 0 Å². The van der Waals surface area contributed by atoms with E-state index in [0.29, 0.717) is 18.1 Å². The fourth-order valence-electron chi connectivity index (χ4n) is 2.90. The minimum Gasteiger partial charge on any atom is -0.454 e. The molecule has 1 aliphatic rings. The molecule has 20 heavy (non-hydrogen) atoms. The number of nitrogens with one attached hydrogen (secondary N) is 1. The van der Waals surface area contributed by atoms with Crippen LogP contribution >= 0.6 is 12.6 Å². The average molecular weight is 293 g/mol. The summed E-state index contributed by atoms with van der Waals surface area (Å²) in [6.45, 7) is 4.02. The molecule has 0 aliphatic carbocycles. The Morgan fingerprint density at radius 1 is 1.35 bits per heavy atom. The van der Waals surface area contributed by atoms with Crippen LogP contribution in [0, 0.1) is 5.92 Å². The van der Waals surface area contributed by atoms with Gasteiger partial charge in [-0.3, -0.25) is 4.79 Å². The van der Waals surface area contributed by atoms with E-state index in [-0.39, 0.29) is 5.97 Å². The Balaban J connectivity index is 2.24. The molecule has 1 aromatic carbocycles. The Kier molecular flexibility index (Phi) is 5.49. The van der Waals surface area contributed by atoms with Crippen LogP contribution in [0.1, 0.15) is 31.7 Å². The van der Waals surface area contributed by atoms with E-state index in [4.69, 9.17) is 4.74 Å². The van der Waals surface area contributed by atoms with E-state index in [1.165, 1.54) is 0 Å². The Hall–Kier alpha value is -1.00. The Morgan fingerprint density at radius 2 is 2.00 bits per heavy atom. The fraction of sp³-hybridized carbons (Fsp3) is 0.562. The van der Waals surface area contributed by atoms with E-state index in [1.54, 1.807) is 0 Å². The smallest absolute Gasteiger partial charge is 0.307 e. The van der Waals surface area contributed by atoms with Gasteiger partial charge in [0, 0.05) is 11.7 Å². The largest absolute Gasteiger partial charge is 0.454 e. The molecule has 0 radical (unpaired) electrons. The number of carbonyl (C=O) groups is 1. The van der Waals surface area contributed by atoms with E-state index in [1.807, 2.05) is 18.2 Å². The van der Waals surface area contributed by atoms with Crippen LogP contribution in [-0.4, -0.2) is 24.8 Å². The highest BCUT2D eigenvalue weighted by Gasteiger charge is 2.39. The van der Waals surface area contributed by atoms with Crippen molar-refractivity contribution >= 4 is 18.6 Å². The van der Waals surface area contributed by atoms with E-state index in [2.05, 4.69) is 37.0 Å². The van der Waals surface area contributed by atoms with Gasteiger partial charge in [-0.1, -0.05) is 30.3 Å². The fourth-order valence-corrected chi connectivity index (χ4v) is 3.08. The zero-order valence-electron chi connectivity index (χ0n) is 12.0. The van der Waals surface area contributed by atoms with Crippen LogP contribution in [0.3, 0.4) is 0 Å². The van der Waals surface area contributed by atoms with Gasteiger partial charge in [-0.25, -0.2) is 0 Å². The number of carbonyl (C=O) groups excluding carboxylic acids is 1. The molecule has 3 nitrogen and oxygen atoms in total. The van der Waals surface area contributed by atoms with Gasteiger partial charge in [0.15, 0.2) is 0 Å². The molecular formula is C16H23NO2S. The van der Waals surface area contributed by atoms with Gasteiger partial charge in [0.2, 0.25) is 0 Å². The highest BCUT2D eigenvalue weighted by atomic mass is 32.1. The number of piperidine rings is 1. The predicted octanol–water partition coefficient (Wildman–Crippen LogP) is 2.76. The van der Waals surface area contributed by atoms with Gasteiger partial charge in [0.05, 0.1) is 6.42 Å². The molecule has 1 unspecified atom stereocenters. The molecule has 4 heteroatoms. The van der Waals surface area contributed by atoms with Gasteiger partial charge in [-0.2, -0.15) is 12.6 Å². The molecule has 1 heterocycles. The summed E-state index contributed by atoms with van der Waals surface area (Å²) in [6, 6.07) is 10.1. The SMILES string of the molecule is CC(OC(=O)CCS)(c1ccccc1)C1CCNCC1. The molecule has 0 aromatic heterocycles. The maximum absolute atomic E-state index is 12.0. The maximum atomic E-state index is 12.0. The molecule has 0 spiro atoms. The van der Waals surface area contributed by atoms with Gasteiger partial charge in [-0.15, -0.1) is 0 Å². The molecule has 1 N–H and O–H groups in total. The van der Waals surface area contributed by atoms with Crippen LogP contribution in [-0.2, 0) is 15.1 Å². The summed E-state index contributed by atoms with van der Waals surface area (Å²) in [5.41, 5.74) is 0.544. The Bertz CT molecular complexity index is 431. The number of hydrogen-bond donors (Lipinski definition) is 2. The lowest BCUT2D eigenvalue weighted by Gasteiger charge is -2.40. The van der Waals surface area contributed by atoms with Crippen molar-refractivity contribution in [3.8, 4) is 0 Å². The van der Waals surface area contributed by atoms with Crippen LogP contribution in [0.4, 0.5) is 0 Å². The lowest BCUT2D eigenvalue weighted by atomic mass is 9.77. The minimum absolute atomic E-state index is 0.162. The van der Waals surface area contributed by atoms with Gasteiger partial charge < -0.3 is 10.1 Å². The summed E-state index contributed by atoms with van der Waals surface area (Å²) in [4.78, 5) is 12.0. The second kappa shape index (κ2) is 7.14. The highest BCUT2D eigenvalue weighted by Crippen LogP contribution is 2.38. The summed E-state index contributed by atoms with van der Waals surface area (Å²) in [6.07, 6.45) is 2.41. The molecule has 1 aromatic rings. The molecule has 1 aliphatic heterocycles. The van der Waals surface area contributed by atoms with Crippen molar-refractivity contribution in [2.24, 2.45) is 5.92 Å². The minimum atomic E-state index is -0.538. The first-order valence-electron chi connectivity index (χ1n) is 7.26. The van der Waals surface area contributed by atoms with Crippen LogP contribution in [0.15, 0.2) is 30.3 Å². The number of hydrogen-bond acceptors (Lipinski definition) is 4. The van der Waals surface area contributed by atoms with Crippen molar-refractivity contribution in [1.82, 2.24) is 5.32 Å². The van der Waals surface area contributed by atoms with Gasteiger partial charge in [0.1, 0.15) is 5.60 Å². The zero-order valence-corrected chi connectivity index (χ0v) is 12.9. The van der Waals surface area contributed by atoms with Gasteiger partial charge >= 0.3 is 5.97 Å². The molecule has 1 saturated heterocycles. The van der Waals surface area contributed by atoms with Crippen LogP contribution in [0.5, 0.6) is 0 Å². The van der Waals surface area contributed by atoms with E-state index < -0.39 is 5.60 Å². The lowest BCUT2D eigenvalue weighted by Crippen LogP contribution is -2.43. The van der Waals surface area contributed by atoms with E-state index in [9.17, 15) is 4.79 Å². The van der Waals surface area contributed by atoms with Crippen molar-refractivity contribution in [3.63, 3.8) is 0 Å². The first-order chi connectivity index (χ1) is 9.66. The van der Waals surface area contributed by atoms with E-state index >= 15 is 0 Å². The number of thiol groups is 1. The molecule has 110 valence electrons. The van der Waals surface area contributed by atoms with Crippen molar-refractivity contribution in [3.05, 3.63) is 35.9 Å². The second-order valence-corrected chi connectivity index (χ2v) is 5.89. The molecule has 1 fully saturated rings. The zero-order chi connectivity index (χ0) is 14.4. The summed E-state index contributed by atoms with van der Waals surface area (Å²) < 4.78 is 5.89. The third-order valence-electron chi connectivity index (χ3n) is 4.11. The molecule has 0 bridgehead atoms. The molecule has 2 rings (SSSR count). The first-order valence-corrected chi connectivity index (χ1v) is 7.89. The van der Waals surface area contributed by atoms with Crippen molar-refractivity contribution in [2.75, 3.05) is 18.8 Å². The third-order valence-corrected chi connectivity index (χ3v) is 4.33. The summed E-state index contributed by atoms with van der Waals surface area (Å²) >= 11 is 4.11. The average Bonchev–Trinajstić information content (AvgIpc) is 2.49. The predicted molar refractivity (Wildman–Crippen MR) is 83.9 cm³/mol. The lowest BCUT2D eigenvalue weighted by molar-refractivity contribution is -0.166. The Morgan fingerprint density at radius 3 is 2.60 bits per heavy atom. The summed E-state index contributed by atoms with van der Waals surface area (Å²) in [5, 5.41) is 3.36. The monoisotopic (exact) mass is 293 g/mol. The first kappa shape index (κ1) is 15.4. The number of benzene rings is 1. The van der Waals surface area contributed by atoms with Crippen LogP contribution < -0.4 is 5.32 Å². The van der Waals surface area contributed by atoms with Crippen molar-refractivity contribution in [2.45, 2.75) is 31.8 Å². The summed E-state index contributed by atoms with van der Waals surface area (Å²) in [7, 11) is 0. The molecular weight excluding hydrogens is 270 g/mol. The van der Waals surface area contributed by atoms with Gasteiger partial charge in [-0.05, 0) is 38.4 Å². The normalized spacial score (nSPS) is 19.3. The maximum Gasteiger partial charge on any atom is 0.307 e. The Labute approximate surface area is 126 Å². The third kappa shape index (κ3) is 3.55. The van der Waals surface area contributed by atoms with E-state index in [0.717, 1.165) is 31.5 Å². The second-order valence-electron chi connectivity index (χ2n) is 5.45. The number of rotatable bonds is 5. The highest BCUT2D eigenvalue weighted by molar-refractivity contribution is 7.80.